The topological polar surface area (TPSA) is 111 Å². The number of benzene rings is 1. The summed E-state index contributed by atoms with van der Waals surface area (Å²) in [5.41, 5.74) is 1.91. The Kier molecular flexibility index (Phi) is 8.59. The molecule has 180 valence electrons. The first kappa shape index (κ1) is 25.2. The summed E-state index contributed by atoms with van der Waals surface area (Å²) in [6, 6.07) is 8.94. The number of anilines is 1. The second kappa shape index (κ2) is 11.6. The van der Waals surface area contributed by atoms with Crippen LogP contribution in [0.1, 0.15) is 60.0 Å². The summed E-state index contributed by atoms with van der Waals surface area (Å²) in [7, 11) is 0. The van der Waals surface area contributed by atoms with Gasteiger partial charge in [-0.05, 0) is 56.7 Å². The molecule has 0 spiro atoms. The van der Waals surface area contributed by atoms with Gasteiger partial charge in [-0.15, -0.1) is 11.3 Å². The van der Waals surface area contributed by atoms with Gasteiger partial charge >= 0.3 is 11.9 Å². The van der Waals surface area contributed by atoms with E-state index in [4.69, 9.17) is 9.47 Å². The fourth-order valence-electron chi connectivity index (χ4n) is 3.62. The van der Waals surface area contributed by atoms with Gasteiger partial charge < -0.3 is 20.1 Å². The zero-order valence-electron chi connectivity index (χ0n) is 19.4. The molecule has 1 aliphatic carbocycles. The molecule has 0 fully saturated rings. The summed E-state index contributed by atoms with van der Waals surface area (Å²) in [5, 5.41) is 5.59. The van der Waals surface area contributed by atoms with Gasteiger partial charge in [0.2, 0.25) is 5.91 Å². The summed E-state index contributed by atoms with van der Waals surface area (Å²) in [6.07, 6.45) is 3.89. The number of aryl methyl sites for hydroxylation is 1. The molecule has 0 radical (unpaired) electrons. The van der Waals surface area contributed by atoms with E-state index in [2.05, 4.69) is 10.6 Å². The van der Waals surface area contributed by atoms with E-state index in [1.807, 2.05) is 6.07 Å². The standard InChI is InChI=1S/C25H28N2O6S/c1-4-32-25(31)21-18-12-8-9-13-20(18)34-23(21)27-22(29)15(2)33-24(30)19(26-16(3)28)14-17-10-6-5-7-11-17/h5-7,10-11,14-15H,4,8-9,12-13H2,1-3H3,(H,26,28)(H,27,29)/b19-14-. The van der Waals surface area contributed by atoms with Crippen LogP contribution in [-0.4, -0.2) is 36.5 Å². The normalized spacial score (nSPS) is 13.9. The highest BCUT2D eigenvalue weighted by atomic mass is 32.1. The molecular weight excluding hydrogens is 456 g/mol. The monoisotopic (exact) mass is 484 g/mol. The quantitative estimate of drug-likeness (QED) is 0.435. The molecule has 0 saturated heterocycles. The molecule has 1 aromatic carbocycles. The molecule has 8 nitrogen and oxygen atoms in total. The molecule has 0 bridgehead atoms. The lowest BCUT2D eigenvalue weighted by molar-refractivity contribution is -0.149. The van der Waals surface area contributed by atoms with Crippen LogP contribution in [0.25, 0.3) is 6.08 Å². The lowest BCUT2D eigenvalue weighted by atomic mass is 9.95. The zero-order valence-corrected chi connectivity index (χ0v) is 20.3. The first-order chi connectivity index (χ1) is 16.3. The summed E-state index contributed by atoms with van der Waals surface area (Å²) in [6.45, 7) is 4.66. The highest BCUT2D eigenvalue weighted by Gasteiger charge is 2.29. The van der Waals surface area contributed by atoms with Gasteiger partial charge in [0.25, 0.3) is 5.91 Å². The Morgan fingerprint density at radius 3 is 2.50 bits per heavy atom. The SMILES string of the molecule is CCOC(=O)c1c(NC(=O)C(C)OC(=O)/C(=C/c2ccccc2)NC(C)=O)sc2c1CCCC2. The van der Waals surface area contributed by atoms with E-state index in [0.717, 1.165) is 36.1 Å². The van der Waals surface area contributed by atoms with Crippen molar-refractivity contribution in [3.8, 4) is 0 Å². The van der Waals surface area contributed by atoms with Crippen molar-refractivity contribution in [2.75, 3.05) is 11.9 Å². The van der Waals surface area contributed by atoms with Crippen LogP contribution in [0.2, 0.25) is 0 Å². The fourth-order valence-corrected chi connectivity index (χ4v) is 4.90. The number of amides is 2. The van der Waals surface area contributed by atoms with Crippen LogP contribution in [0.4, 0.5) is 5.00 Å². The molecule has 1 heterocycles. The number of esters is 2. The third kappa shape index (κ3) is 6.32. The second-order valence-electron chi connectivity index (χ2n) is 7.82. The molecule has 1 unspecified atom stereocenters. The Hall–Kier alpha value is -3.46. The van der Waals surface area contributed by atoms with Crippen LogP contribution >= 0.6 is 11.3 Å². The lowest BCUT2D eigenvalue weighted by Gasteiger charge is -2.15. The van der Waals surface area contributed by atoms with E-state index < -0.39 is 29.9 Å². The minimum absolute atomic E-state index is 0.0860. The highest BCUT2D eigenvalue weighted by molar-refractivity contribution is 7.17. The van der Waals surface area contributed by atoms with E-state index in [-0.39, 0.29) is 12.3 Å². The molecule has 1 aromatic heterocycles. The third-order valence-electron chi connectivity index (χ3n) is 5.18. The molecule has 9 heteroatoms. The fraction of sp³-hybridized carbons (Fsp3) is 0.360. The van der Waals surface area contributed by atoms with Gasteiger partial charge in [0, 0.05) is 11.8 Å². The van der Waals surface area contributed by atoms with Crippen molar-refractivity contribution in [1.82, 2.24) is 5.32 Å². The molecule has 2 aromatic rings. The number of rotatable bonds is 8. The molecule has 0 aliphatic heterocycles. The number of thiophene rings is 1. The molecule has 1 atom stereocenters. The summed E-state index contributed by atoms with van der Waals surface area (Å²) >= 11 is 1.36. The van der Waals surface area contributed by atoms with E-state index >= 15 is 0 Å². The molecule has 1 aliphatic rings. The van der Waals surface area contributed by atoms with Crippen molar-refractivity contribution in [3.63, 3.8) is 0 Å². The Morgan fingerprint density at radius 2 is 1.82 bits per heavy atom. The number of nitrogens with one attached hydrogen (secondary N) is 2. The third-order valence-corrected chi connectivity index (χ3v) is 6.39. The van der Waals surface area contributed by atoms with Crippen LogP contribution in [-0.2, 0) is 36.7 Å². The molecule has 34 heavy (non-hydrogen) atoms. The number of carbonyl (C=O) groups excluding carboxylic acids is 4. The molecule has 0 saturated carbocycles. The van der Waals surface area contributed by atoms with Crippen molar-refractivity contribution in [2.45, 2.75) is 52.6 Å². The molecular formula is C25H28N2O6S. The van der Waals surface area contributed by atoms with E-state index in [0.29, 0.717) is 16.1 Å². The second-order valence-corrected chi connectivity index (χ2v) is 8.93. The van der Waals surface area contributed by atoms with Crippen LogP contribution in [0, 0.1) is 0 Å². The van der Waals surface area contributed by atoms with E-state index in [1.54, 1.807) is 31.2 Å². The Balaban J connectivity index is 1.76. The maximum absolute atomic E-state index is 12.9. The predicted molar refractivity (Wildman–Crippen MR) is 129 cm³/mol. The Labute approximate surface area is 202 Å². The van der Waals surface area contributed by atoms with Crippen LogP contribution in [0.15, 0.2) is 36.0 Å². The number of carbonyl (C=O) groups is 4. The van der Waals surface area contributed by atoms with E-state index in [9.17, 15) is 19.2 Å². The van der Waals surface area contributed by atoms with Gasteiger partial charge in [-0.2, -0.15) is 0 Å². The number of hydrogen-bond acceptors (Lipinski definition) is 7. The first-order valence-corrected chi connectivity index (χ1v) is 12.0. The highest BCUT2D eigenvalue weighted by Crippen LogP contribution is 2.38. The Bertz CT molecular complexity index is 1110. The van der Waals surface area contributed by atoms with Gasteiger partial charge in [0.15, 0.2) is 6.10 Å². The van der Waals surface area contributed by atoms with Crippen molar-refractivity contribution in [3.05, 3.63) is 57.6 Å². The maximum Gasteiger partial charge on any atom is 0.355 e. The summed E-state index contributed by atoms with van der Waals surface area (Å²) < 4.78 is 10.5. The number of ether oxygens (including phenoxy) is 2. The molecule has 2 N–H and O–H groups in total. The van der Waals surface area contributed by atoms with E-state index in [1.165, 1.54) is 31.3 Å². The molecule has 3 rings (SSSR count). The predicted octanol–water partition coefficient (Wildman–Crippen LogP) is 3.85. The zero-order chi connectivity index (χ0) is 24.7. The molecule has 2 amide bonds. The lowest BCUT2D eigenvalue weighted by Crippen LogP contribution is -2.34. The Morgan fingerprint density at radius 1 is 1.12 bits per heavy atom. The first-order valence-electron chi connectivity index (χ1n) is 11.2. The average molecular weight is 485 g/mol. The largest absolute Gasteiger partial charge is 0.462 e. The average Bonchev–Trinajstić information content (AvgIpc) is 3.17. The van der Waals surface area contributed by atoms with Crippen molar-refractivity contribution in [1.29, 1.82) is 0 Å². The number of fused-ring (bicyclic) bond motifs is 1. The van der Waals surface area contributed by atoms with Gasteiger partial charge in [-0.3, -0.25) is 9.59 Å². The van der Waals surface area contributed by atoms with Crippen molar-refractivity contribution >= 4 is 46.2 Å². The summed E-state index contributed by atoms with van der Waals surface area (Å²) in [5.74, 6) is -2.35. The van der Waals surface area contributed by atoms with Gasteiger partial charge in [-0.25, -0.2) is 9.59 Å². The minimum Gasteiger partial charge on any atom is -0.462 e. The van der Waals surface area contributed by atoms with Crippen LogP contribution < -0.4 is 10.6 Å². The summed E-state index contributed by atoms with van der Waals surface area (Å²) in [4.78, 5) is 50.8. The smallest absolute Gasteiger partial charge is 0.355 e. The van der Waals surface area contributed by atoms with Gasteiger partial charge in [0.1, 0.15) is 10.7 Å². The van der Waals surface area contributed by atoms with Gasteiger partial charge in [0.05, 0.1) is 12.2 Å². The van der Waals surface area contributed by atoms with Crippen LogP contribution in [0.3, 0.4) is 0 Å². The maximum atomic E-state index is 12.9. The van der Waals surface area contributed by atoms with Crippen molar-refractivity contribution in [2.24, 2.45) is 0 Å². The number of hydrogen-bond donors (Lipinski definition) is 2. The van der Waals surface area contributed by atoms with Crippen LogP contribution in [0.5, 0.6) is 0 Å². The minimum atomic E-state index is -1.17. The van der Waals surface area contributed by atoms with Gasteiger partial charge in [-0.1, -0.05) is 30.3 Å². The van der Waals surface area contributed by atoms with Crippen molar-refractivity contribution < 1.29 is 28.7 Å².